The number of imide groups is 2. The van der Waals surface area contributed by atoms with Crippen molar-refractivity contribution < 1.29 is 61.4 Å². The molecule has 21 heteroatoms. The number of benzene rings is 2. The van der Waals surface area contributed by atoms with Gasteiger partial charge in [0.25, 0.3) is 17.8 Å². The maximum atomic E-state index is 13.5. The van der Waals surface area contributed by atoms with Crippen molar-refractivity contribution in [3.63, 3.8) is 0 Å². The van der Waals surface area contributed by atoms with Crippen LogP contribution in [0, 0.1) is 5.95 Å². The fourth-order valence-corrected chi connectivity index (χ4v) is 6.88. The van der Waals surface area contributed by atoms with Crippen molar-refractivity contribution in [1.29, 1.82) is 0 Å². The second-order valence-corrected chi connectivity index (χ2v) is 14.6. The molecule has 2 aliphatic heterocycles. The molecule has 2 aromatic heterocycles. The van der Waals surface area contributed by atoms with Crippen LogP contribution >= 0.6 is 0 Å². The van der Waals surface area contributed by atoms with Crippen LogP contribution < -0.4 is 20.1 Å². The number of hydrogen-bond donors (Lipinski definition) is 2. The number of piperazine rings is 1. The molecule has 352 valence electrons. The van der Waals surface area contributed by atoms with Gasteiger partial charge in [0.2, 0.25) is 5.54 Å². The van der Waals surface area contributed by atoms with Gasteiger partial charge in [-0.25, -0.2) is 14.5 Å². The van der Waals surface area contributed by atoms with Gasteiger partial charge in [0.1, 0.15) is 23.8 Å². The van der Waals surface area contributed by atoms with E-state index in [2.05, 4.69) is 30.8 Å². The number of ether oxygens (including phenoxy) is 9. The van der Waals surface area contributed by atoms with Gasteiger partial charge in [-0.3, -0.25) is 30.0 Å². The average molecular weight is 909 g/mol. The van der Waals surface area contributed by atoms with Crippen LogP contribution in [-0.2, 0) is 61.4 Å². The highest BCUT2D eigenvalue weighted by Gasteiger charge is 2.56. The van der Waals surface area contributed by atoms with Gasteiger partial charge in [0, 0.05) is 38.9 Å². The van der Waals surface area contributed by atoms with Gasteiger partial charge in [-0.1, -0.05) is 35.5 Å². The normalized spacial score (nSPS) is 15.5. The van der Waals surface area contributed by atoms with E-state index < -0.39 is 29.3 Å². The molecule has 0 bridgehead atoms. The second-order valence-electron chi connectivity index (χ2n) is 14.6. The summed E-state index contributed by atoms with van der Waals surface area (Å²) in [5, 5.41) is 12.8. The lowest BCUT2D eigenvalue weighted by atomic mass is 9.84. The zero-order chi connectivity index (χ0) is 45.4. The number of aromatic nitrogens is 4. The molecular formula is C44H57FN8O12. The van der Waals surface area contributed by atoms with Gasteiger partial charge >= 0.3 is 6.03 Å². The third-order valence-electron chi connectivity index (χ3n) is 10.1. The maximum Gasteiger partial charge on any atom is 0.328 e. The number of barbiturate groups is 1. The summed E-state index contributed by atoms with van der Waals surface area (Å²) in [6.45, 7) is 9.19. The Kier molecular flexibility index (Phi) is 20.4. The van der Waals surface area contributed by atoms with Crippen LogP contribution in [0.5, 0.6) is 17.2 Å². The minimum absolute atomic E-state index is 0.0982. The van der Waals surface area contributed by atoms with Crippen LogP contribution in [-0.4, -0.2) is 173 Å². The van der Waals surface area contributed by atoms with E-state index in [4.69, 9.17) is 42.6 Å². The summed E-state index contributed by atoms with van der Waals surface area (Å²) in [7, 11) is 0. The number of para-hydroxylation sites is 1. The Morgan fingerprint density at radius 1 is 0.600 bits per heavy atom. The smallest absolute Gasteiger partial charge is 0.328 e. The highest BCUT2D eigenvalue weighted by molar-refractivity contribution is 6.22. The average Bonchev–Trinajstić information content (AvgIpc) is 3.77. The van der Waals surface area contributed by atoms with Gasteiger partial charge in [0.05, 0.1) is 105 Å². The zero-order valence-corrected chi connectivity index (χ0v) is 36.3. The van der Waals surface area contributed by atoms with E-state index in [1.807, 2.05) is 41.4 Å². The predicted octanol–water partition coefficient (Wildman–Crippen LogP) is 2.18. The Morgan fingerprint density at radius 3 is 1.77 bits per heavy atom. The zero-order valence-electron chi connectivity index (χ0n) is 36.3. The van der Waals surface area contributed by atoms with E-state index in [0.29, 0.717) is 155 Å². The number of nitrogens with zero attached hydrogens (tertiary/aromatic N) is 6. The number of nitrogens with one attached hydrogen (secondary N) is 2. The first-order chi connectivity index (χ1) is 31.9. The minimum Gasteiger partial charge on any atom is -0.486 e. The topological polar surface area (TPSA) is 208 Å². The lowest BCUT2D eigenvalue weighted by molar-refractivity contribution is -0.150. The number of hydrogen-bond acceptors (Lipinski definition) is 17. The molecule has 2 aliphatic rings. The van der Waals surface area contributed by atoms with Crippen molar-refractivity contribution >= 4 is 17.8 Å². The fraction of sp³-hybridized carbons (Fsp3) is 0.500. The van der Waals surface area contributed by atoms with E-state index in [1.54, 1.807) is 35.0 Å². The quantitative estimate of drug-likeness (QED) is 0.0422. The van der Waals surface area contributed by atoms with Crippen molar-refractivity contribution in [1.82, 2.24) is 40.4 Å². The Balaban J connectivity index is 0.727. The van der Waals surface area contributed by atoms with E-state index in [1.165, 1.54) is 12.3 Å². The molecule has 0 saturated carbocycles. The molecule has 0 spiro atoms. The Bertz CT molecular complexity index is 2000. The van der Waals surface area contributed by atoms with Gasteiger partial charge in [0.15, 0.2) is 5.75 Å². The summed E-state index contributed by atoms with van der Waals surface area (Å²) in [5.74, 6) is -0.708. The number of rotatable bonds is 31. The first-order valence-corrected chi connectivity index (χ1v) is 21.6. The Hall–Kier alpha value is -5.49. The first kappa shape index (κ1) is 49.0. The summed E-state index contributed by atoms with van der Waals surface area (Å²) in [4.78, 5) is 46.6. The minimum atomic E-state index is -1.71. The SMILES string of the molecule is O=C1NC(=O)C(c2ccc(Oc3ccccc3)cc2)(N2CCN(CCOCCOCCOCCOCc3cn(CCOCCOCCOCCOc4cccnc4F)nn3)CC2)C(=O)N1. The number of carbonyl (C=O) groups is 3. The lowest BCUT2D eigenvalue weighted by Crippen LogP contribution is -2.72. The third-order valence-corrected chi connectivity index (χ3v) is 10.1. The Labute approximate surface area is 376 Å². The molecule has 2 N–H and O–H groups in total. The summed E-state index contributed by atoms with van der Waals surface area (Å²) < 4.78 is 65.4. The molecule has 65 heavy (non-hydrogen) atoms. The molecule has 2 fully saturated rings. The summed E-state index contributed by atoms with van der Waals surface area (Å²) >= 11 is 0. The van der Waals surface area contributed by atoms with E-state index in [0.717, 1.165) is 0 Å². The summed E-state index contributed by atoms with van der Waals surface area (Å²) in [6, 6.07) is 18.4. The van der Waals surface area contributed by atoms with Crippen LogP contribution in [0.15, 0.2) is 79.1 Å². The van der Waals surface area contributed by atoms with Crippen molar-refractivity contribution in [3.05, 3.63) is 96.3 Å². The van der Waals surface area contributed by atoms with E-state index >= 15 is 0 Å². The number of urea groups is 1. The number of carbonyl (C=O) groups excluding carboxylic acids is 3. The molecule has 20 nitrogen and oxygen atoms in total. The molecule has 2 aromatic carbocycles. The summed E-state index contributed by atoms with van der Waals surface area (Å²) in [6.07, 6.45) is 3.17. The highest BCUT2D eigenvalue weighted by atomic mass is 19.1. The van der Waals surface area contributed by atoms with Crippen molar-refractivity contribution in [2.45, 2.75) is 18.7 Å². The Morgan fingerprint density at radius 2 is 1.15 bits per heavy atom. The molecule has 6 rings (SSSR count). The van der Waals surface area contributed by atoms with Gasteiger partial charge in [-0.05, 0) is 42.0 Å². The maximum absolute atomic E-state index is 13.5. The molecular weight excluding hydrogens is 852 g/mol. The predicted molar refractivity (Wildman–Crippen MR) is 229 cm³/mol. The van der Waals surface area contributed by atoms with Crippen molar-refractivity contribution in [3.8, 4) is 17.2 Å². The van der Waals surface area contributed by atoms with Crippen molar-refractivity contribution in [2.24, 2.45) is 0 Å². The van der Waals surface area contributed by atoms with Crippen LogP contribution in [0.25, 0.3) is 0 Å². The highest BCUT2D eigenvalue weighted by Crippen LogP contribution is 2.34. The van der Waals surface area contributed by atoms with Gasteiger partial charge in [-0.2, -0.15) is 4.39 Å². The van der Waals surface area contributed by atoms with Crippen molar-refractivity contribution in [2.75, 3.05) is 125 Å². The molecule has 0 atom stereocenters. The van der Waals surface area contributed by atoms with E-state index in [-0.39, 0.29) is 12.4 Å². The number of amides is 4. The molecule has 0 aliphatic carbocycles. The van der Waals surface area contributed by atoms with Crippen LogP contribution in [0.4, 0.5) is 9.18 Å². The second kappa shape index (κ2) is 27.1. The molecule has 0 radical (unpaired) electrons. The standard InChI is InChI=1S/C44H57FN8O12/c45-40-39(7-4-12-46-40)64-32-31-62-28-27-60-24-22-58-20-18-53-33-36(49-50-53)34-63-30-29-61-26-25-59-23-21-57-19-17-51-13-15-52(16-14-51)44(41(54)47-43(56)48-42(44)55)35-8-10-38(11-9-35)65-37-5-2-1-3-6-37/h1-12,33H,13-32,34H2,(H2,47,48,54,55,56). The number of pyridine rings is 1. The van der Waals surface area contributed by atoms with Gasteiger partial charge < -0.3 is 42.6 Å². The molecule has 4 amide bonds. The third kappa shape index (κ3) is 15.6. The lowest BCUT2D eigenvalue weighted by Gasteiger charge is -2.46. The van der Waals surface area contributed by atoms with Gasteiger partial charge in [-0.15, -0.1) is 5.10 Å². The molecule has 2 saturated heterocycles. The molecule has 4 aromatic rings. The van der Waals surface area contributed by atoms with Crippen LogP contribution in [0.1, 0.15) is 11.3 Å². The molecule has 0 unspecified atom stereocenters. The molecule has 4 heterocycles. The fourth-order valence-electron chi connectivity index (χ4n) is 6.88. The summed E-state index contributed by atoms with van der Waals surface area (Å²) in [5.41, 5.74) is -0.563. The number of halogens is 1. The largest absolute Gasteiger partial charge is 0.486 e. The monoisotopic (exact) mass is 908 g/mol. The van der Waals surface area contributed by atoms with Crippen LogP contribution in [0.3, 0.4) is 0 Å². The van der Waals surface area contributed by atoms with E-state index in [9.17, 15) is 18.8 Å². The van der Waals surface area contributed by atoms with Crippen LogP contribution in [0.2, 0.25) is 0 Å². The first-order valence-electron chi connectivity index (χ1n) is 21.6.